The summed E-state index contributed by atoms with van der Waals surface area (Å²) in [5, 5.41) is 5.08. The second-order valence-corrected chi connectivity index (χ2v) is 11.7. The highest BCUT2D eigenvalue weighted by molar-refractivity contribution is 7.85. The summed E-state index contributed by atoms with van der Waals surface area (Å²) in [6, 6.07) is 9.94. The normalized spacial score (nSPS) is 21.1. The predicted molar refractivity (Wildman–Crippen MR) is 149 cm³/mol. The first kappa shape index (κ1) is 25.3. The number of aromatic nitrogens is 3. The molecule has 3 aliphatic rings. The van der Waals surface area contributed by atoms with Gasteiger partial charge in [0.25, 0.3) is 5.91 Å². The zero-order chi connectivity index (χ0) is 26.2. The average molecular weight is 537 g/mol. The number of hydrogen-bond donors (Lipinski definition) is 1. The van der Waals surface area contributed by atoms with Crippen molar-refractivity contribution < 1.29 is 13.7 Å². The minimum Gasteiger partial charge on any atom is -0.378 e. The van der Waals surface area contributed by atoms with E-state index >= 15 is 0 Å². The molecule has 2 atom stereocenters. The van der Waals surface area contributed by atoms with Crippen LogP contribution >= 0.6 is 0 Å². The van der Waals surface area contributed by atoms with E-state index < -0.39 is 11.0 Å². The maximum atomic E-state index is 14.0. The van der Waals surface area contributed by atoms with Crippen LogP contribution in [0.25, 0.3) is 5.65 Å². The molecule has 38 heavy (non-hydrogen) atoms. The number of fused-ring (bicyclic) bond motifs is 1. The van der Waals surface area contributed by atoms with Gasteiger partial charge in [0.15, 0.2) is 5.65 Å². The number of carbonyl (C=O) groups is 1. The van der Waals surface area contributed by atoms with E-state index in [-0.39, 0.29) is 11.9 Å². The Morgan fingerprint density at radius 2 is 1.89 bits per heavy atom. The smallest absolute Gasteiger partial charge is 0.256 e. The summed E-state index contributed by atoms with van der Waals surface area (Å²) in [7, 11) is -1.28. The zero-order valence-corrected chi connectivity index (χ0v) is 23.0. The number of morpholine rings is 1. The summed E-state index contributed by atoms with van der Waals surface area (Å²) in [6.45, 7) is 5.81. The van der Waals surface area contributed by atoms with Crippen molar-refractivity contribution in [2.45, 2.75) is 57.4 Å². The minimum absolute atomic E-state index is 0.0463. The van der Waals surface area contributed by atoms with Crippen LogP contribution in [0.3, 0.4) is 0 Å². The molecule has 4 heterocycles. The van der Waals surface area contributed by atoms with Crippen molar-refractivity contribution in [2.24, 2.45) is 0 Å². The largest absolute Gasteiger partial charge is 0.378 e. The Morgan fingerprint density at radius 3 is 2.63 bits per heavy atom. The van der Waals surface area contributed by atoms with Crippen molar-refractivity contribution in [1.82, 2.24) is 19.5 Å². The molecule has 6 rings (SSSR count). The fourth-order valence-electron chi connectivity index (χ4n) is 5.63. The van der Waals surface area contributed by atoms with E-state index in [1.54, 1.807) is 6.26 Å². The lowest BCUT2D eigenvalue weighted by Gasteiger charge is -2.35. The van der Waals surface area contributed by atoms with Gasteiger partial charge in [-0.05, 0) is 56.2 Å². The standard InChI is InChI=1S/C28H36N6O3S/c1-3-19-7-10-22(31-38(2)36)21(16-19)28(35)33-11-5-4-6-25(33)24-17-26-29-23(20-8-9-20)18-27(34(26)30-24)32-12-14-37-15-13-32/h7,10,16-18,20,25,31H,3-6,8-9,11-15H2,1-2H3. The fraction of sp³-hybridized carbons (Fsp3) is 0.536. The molecule has 0 bridgehead atoms. The van der Waals surface area contributed by atoms with Gasteiger partial charge in [-0.2, -0.15) is 9.61 Å². The molecule has 3 aromatic rings. The van der Waals surface area contributed by atoms with Crippen molar-refractivity contribution in [2.75, 3.05) is 48.7 Å². The third kappa shape index (κ3) is 5.03. The first-order chi connectivity index (χ1) is 18.5. The molecule has 1 amide bonds. The highest BCUT2D eigenvalue weighted by Crippen LogP contribution is 2.41. The van der Waals surface area contributed by atoms with Crippen LogP contribution in [0.2, 0.25) is 0 Å². The van der Waals surface area contributed by atoms with Gasteiger partial charge in [-0.1, -0.05) is 13.0 Å². The van der Waals surface area contributed by atoms with Crippen LogP contribution in [-0.2, 0) is 22.1 Å². The SMILES string of the molecule is CCc1ccc(NS(C)=O)c(C(=O)N2CCCCC2c2cc3nc(C4CC4)cc(N4CCOCC4)n3n2)c1. The third-order valence-electron chi connectivity index (χ3n) is 7.86. The van der Waals surface area contributed by atoms with Crippen molar-refractivity contribution in [3.8, 4) is 0 Å². The first-order valence-electron chi connectivity index (χ1n) is 13.8. The molecule has 1 N–H and O–H groups in total. The van der Waals surface area contributed by atoms with E-state index in [9.17, 15) is 9.00 Å². The number of benzene rings is 1. The van der Waals surface area contributed by atoms with Gasteiger partial charge in [-0.15, -0.1) is 0 Å². The maximum Gasteiger partial charge on any atom is 0.256 e. The molecule has 1 saturated carbocycles. The topological polar surface area (TPSA) is 92.1 Å². The highest BCUT2D eigenvalue weighted by Gasteiger charge is 2.33. The van der Waals surface area contributed by atoms with Gasteiger partial charge < -0.3 is 19.3 Å². The number of hydrogen-bond acceptors (Lipinski definition) is 6. The lowest BCUT2D eigenvalue weighted by atomic mass is 9.97. The summed E-state index contributed by atoms with van der Waals surface area (Å²) in [5.41, 5.74) is 5.13. The van der Waals surface area contributed by atoms with Gasteiger partial charge in [0.2, 0.25) is 0 Å². The van der Waals surface area contributed by atoms with Crippen molar-refractivity contribution in [3.63, 3.8) is 0 Å². The molecule has 2 aliphatic heterocycles. The quantitative estimate of drug-likeness (QED) is 0.489. The summed E-state index contributed by atoms with van der Waals surface area (Å²) < 4.78 is 22.5. The van der Waals surface area contributed by atoms with Gasteiger partial charge in [-0.3, -0.25) is 4.79 Å². The molecule has 202 valence electrons. The Balaban J connectivity index is 1.38. The number of likely N-dealkylation sites (tertiary alicyclic amines) is 1. The van der Waals surface area contributed by atoms with Crippen LogP contribution in [0.4, 0.5) is 11.5 Å². The summed E-state index contributed by atoms with van der Waals surface area (Å²) in [6.07, 6.45) is 7.63. The summed E-state index contributed by atoms with van der Waals surface area (Å²) in [4.78, 5) is 23.3. The Labute approximate surface area is 226 Å². The molecule has 9 nitrogen and oxygen atoms in total. The Hall–Kier alpha value is -2.98. The van der Waals surface area contributed by atoms with Gasteiger partial charge >= 0.3 is 0 Å². The molecule has 2 aromatic heterocycles. The Morgan fingerprint density at radius 1 is 1.08 bits per heavy atom. The van der Waals surface area contributed by atoms with Gasteiger partial charge in [0, 0.05) is 49.6 Å². The maximum absolute atomic E-state index is 14.0. The Kier molecular flexibility index (Phi) is 7.09. The van der Waals surface area contributed by atoms with Gasteiger partial charge in [-0.25, -0.2) is 9.19 Å². The second kappa shape index (κ2) is 10.6. The number of piperidine rings is 1. The monoisotopic (exact) mass is 536 g/mol. The predicted octanol–water partition coefficient (Wildman–Crippen LogP) is 4.08. The van der Waals surface area contributed by atoms with Crippen molar-refractivity contribution in [3.05, 3.63) is 52.8 Å². The zero-order valence-electron chi connectivity index (χ0n) is 22.2. The van der Waals surface area contributed by atoms with Crippen LogP contribution in [-0.4, -0.2) is 68.7 Å². The molecule has 2 saturated heterocycles. The van der Waals surface area contributed by atoms with E-state index in [1.165, 1.54) is 12.8 Å². The van der Waals surface area contributed by atoms with Crippen LogP contribution in [0.1, 0.15) is 78.3 Å². The third-order valence-corrected chi connectivity index (χ3v) is 8.37. The molecule has 10 heteroatoms. The average Bonchev–Trinajstić information content (AvgIpc) is 3.71. The van der Waals surface area contributed by atoms with Crippen molar-refractivity contribution in [1.29, 1.82) is 0 Å². The van der Waals surface area contributed by atoms with Crippen LogP contribution in [0.15, 0.2) is 30.3 Å². The number of ether oxygens (including phenoxy) is 1. The number of carbonyl (C=O) groups excluding carboxylic acids is 1. The highest BCUT2D eigenvalue weighted by atomic mass is 32.2. The van der Waals surface area contributed by atoms with E-state index in [0.717, 1.165) is 67.2 Å². The fourth-order valence-corrected chi connectivity index (χ4v) is 6.12. The number of nitrogens with zero attached hydrogens (tertiary/aromatic N) is 5. The van der Waals surface area contributed by atoms with E-state index in [0.29, 0.717) is 36.9 Å². The molecular formula is C28H36N6O3S. The molecule has 1 aliphatic carbocycles. The Bertz CT molecular complexity index is 1360. The van der Waals surface area contributed by atoms with Gasteiger partial charge in [0.1, 0.15) is 16.8 Å². The minimum atomic E-state index is -1.28. The number of rotatable bonds is 7. The van der Waals surface area contributed by atoms with Crippen LogP contribution in [0.5, 0.6) is 0 Å². The van der Waals surface area contributed by atoms with Crippen molar-refractivity contribution >= 4 is 34.0 Å². The number of amides is 1. The molecule has 2 unspecified atom stereocenters. The molecule has 1 aromatic carbocycles. The van der Waals surface area contributed by atoms with E-state index in [1.807, 2.05) is 27.6 Å². The lowest BCUT2D eigenvalue weighted by molar-refractivity contribution is 0.0606. The molecular weight excluding hydrogens is 500 g/mol. The van der Waals surface area contributed by atoms with E-state index in [2.05, 4.69) is 28.7 Å². The number of aryl methyl sites for hydroxylation is 1. The molecule has 0 radical (unpaired) electrons. The van der Waals surface area contributed by atoms with Crippen LogP contribution in [0, 0.1) is 0 Å². The molecule has 0 spiro atoms. The second-order valence-electron chi connectivity index (χ2n) is 10.6. The number of anilines is 2. The number of nitrogens with one attached hydrogen (secondary N) is 1. The molecule has 3 fully saturated rings. The lowest BCUT2D eigenvalue weighted by Crippen LogP contribution is -2.39. The van der Waals surface area contributed by atoms with E-state index in [4.69, 9.17) is 14.8 Å². The van der Waals surface area contributed by atoms with Crippen LogP contribution < -0.4 is 9.62 Å². The van der Waals surface area contributed by atoms with Gasteiger partial charge in [0.05, 0.1) is 36.2 Å². The first-order valence-corrected chi connectivity index (χ1v) is 15.3. The summed E-state index contributed by atoms with van der Waals surface area (Å²) >= 11 is 0. The summed E-state index contributed by atoms with van der Waals surface area (Å²) in [5.74, 6) is 1.55.